The summed E-state index contributed by atoms with van der Waals surface area (Å²) in [6, 6.07) is 3.97. The zero-order chi connectivity index (χ0) is 27.0. The van der Waals surface area contributed by atoms with Crippen LogP contribution in [-0.2, 0) is 6.54 Å². The van der Waals surface area contributed by atoms with E-state index in [1.165, 1.54) is 33.0 Å². The number of hydrogen-bond acceptors (Lipinski definition) is 6. The fraction of sp³-hybridized carbons (Fsp3) is 0.586. The molecular weight excluding hydrogens is 506 g/mol. The molecule has 1 saturated carbocycles. The van der Waals surface area contributed by atoms with Crippen molar-refractivity contribution in [2.45, 2.75) is 71.6 Å². The van der Waals surface area contributed by atoms with E-state index in [0.717, 1.165) is 31.1 Å². The van der Waals surface area contributed by atoms with E-state index in [1.54, 1.807) is 19.1 Å². The fourth-order valence-electron chi connectivity index (χ4n) is 5.99. The Labute approximate surface area is 229 Å². The molecule has 4 unspecified atom stereocenters. The zero-order valence-electron chi connectivity index (χ0n) is 22.7. The molecular formula is C29H38ClN3O5. The first-order valence-corrected chi connectivity index (χ1v) is 14.1. The summed E-state index contributed by atoms with van der Waals surface area (Å²) < 4.78 is 17.7. The van der Waals surface area contributed by atoms with Gasteiger partial charge in [0.2, 0.25) is 0 Å². The van der Waals surface area contributed by atoms with Crippen LogP contribution in [-0.4, -0.2) is 54.7 Å². The number of pyridine rings is 1. The Morgan fingerprint density at radius 1 is 1.26 bits per heavy atom. The van der Waals surface area contributed by atoms with Crippen molar-refractivity contribution in [2.24, 2.45) is 11.8 Å². The molecule has 2 fully saturated rings. The van der Waals surface area contributed by atoms with Gasteiger partial charge in [0.05, 0.1) is 24.2 Å². The van der Waals surface area contributed by atoms with Gasteiger partial charge in [-0.25, -0.2) is 0 Å². The monoisotopic (exact) mass is 543 g/mol. The van der Waals surface area contributed by atoms with Gasteiger partial charge in [0.1, 0.15) is 18.5 Å². The SMILES string of the molecule is CCC(CCCC1COc2c(Cl)cc(C(=O)NCc3c(OC)cc(C)[nH]c3=O)c(C)c2O1)N1CC2CC2C1. The van der Waals surface area contributed by atoms with E-state index in [2.05, 4.69) is 22.1 Å². The van der Waals surface area contributed by atoms with Crippen LogP contribution in [0.25, 0.3) is 0 Å². The number of fused-ring (bicyclic) bond motifs is 2. The van der Waals surface area contributed by atoms with Crippen LogP contribution in [0.3, 0.4) is 0 Å². The third kappa shape index (κ3) is 5.52. The highest BCUT2D eigenvalue weighted by Crippen LogP contribution is 2.46. The van der Waals surface area contributed by atoms with Crippen LogP contribution < -0.4 is 25.1 Å². The molecule has 4 atom stereocenters. The highest BCUT2D eigenvalue weighted by molar-refractivity contribution is 6.32. The van der Waals surface area contributed by atoms with Gasteiger partial charge in [0, 0.05) is 36.0 Å². The molecule has 1 aliphatic carbocycles. The normalized spacial score (nSPS) is 22.6. The topological polar surface area (TPSA) is 92.9 Å². The molecule has 3 aliphatic rings. The van der Waals surface area contributed by atoms with Crippen molar-refractivity contribution < 1.29 is 19.0 Å². The van der Waals surface area contributed by atoms with Crippen molar-refractivity contribution >= 4 is 17.5 Å². The van der Waals surface area contributed by atoms with Crippen molar-refractivity contribution in [1.82, 2.24) is 15.2 Å². The van der Waals surface area contributed by atoms with Gasteiger partial charge in [-0.1, -0.05) is 18.5 Å². The van der Waals surface area contributed by atoms with Crippen molar-refractivity contribution in [2.75, 3.05) is 26.8 Å². The number of halogens is 1. The predicted molar refractivity (Wildman–Crippen MR) is 147 cm³/mol. The van der Waals surface area contributed by atoms with Crippen LogP contribution in [0, 0.1) is 25.7 Å². The molecule has 2 aromatic rings. The first kappa shape index (κ1) is 26.9. The lowest BCUT2D eigenvalue weighted by Crippen LogP contribution is -2.35. The summed E-state index contributed by atoms with van der Waals surface area (Å²) in [7, 11) is 1.50. The number of piperidine rings is 1. The third-order valence-corrected chi connectivity index (χ3v) is 8.60. The zero-order valence-corrected chi connectivity index (χ0v) is 23.5. The van der Waals surface area contributed by atoms with E-state index in [1.807, 2.05) is 6.92 Å². The van der Waals surface area contributed by atoms with Gasteiger partial charge in [0.15, 0.2) is 11.5 Å². The van der Waals surface area contributed by atoms with Crippen molar-refractivity contribution in [3.8, 4) is 17.2 Å². The number of nitrogens with zero attached hydrogens (tertiary/aromatic N) is 1. The molecule has 2 aliphatic heterocycles. The van der Waals surface area contributed by atoms with E-state index in [-0.39, 0.29) is 24.1 Å². The first-order chi connectivity index (χ1) is 18.3. The average Bonchev–Trinajstić information content (AvgIpc) is 3.51. The van der Waals surface area contributed by atoms with Gasteiger partial charge < -0.3 is 24.5 Å². The first-order valence-electron chi connectivity index (χ1n) is 13.7. The van der Waals surface area contributed by atoms with E-state index < -0.39 is 0 Å². The van der Waals surface area contributed by atoms with E-state index >= 15 is 0 Å². The fourth-order valence-corrected chi connectivity index (χ4v) is 6.24. The van der Waals surface area contributed by atoms with Gasteiger partial charge in [-0.15, -0.1) is 0 Å². The molecule has 8 nitrogen and oxygen atoms in total. The molecule has 1 saturated heterocycles. The average molecular weight is 544 g/mol. The summed E-state index contributed by atoms with van der Waals surface area (Å²) in [5, 5.41) is 3.16. The van der Waals surface area contributed by atoms with E-state index in [9.17, 15) is 9.59 Å². The number of likely N-dealkylation sites (tertiary alicyclic amines) is 1. The number of carbonyl (C=O) groups excluding carboxylic acids is 1. The summed E-state index contributed by atoms with van der Waals surface area (Å²) in [5.41, 5.74) is 1.79. The van der Waals surface area contributed by atoms with Crippen LogP contribution in [0.4, 0.5) is 0 Å². The number of aromatic amines is 1. The number of amides is 1. The van der Waals surface area contributed by atoms with Crippen molar-refractivity contribution in [3.05, 3.63) is 49.9 Å². The van der Waals surface area contributed by atoms with Gasteiger partial charge >= 0.3 is 0 Å². The molecule has 38 heavy (non-hydrogen) atoms. The quantitative estimate of drug-likeness (QED) is 0.454. The standard InChI is InChI=1S/C29H38ClN3O5/c1-5-20(33-13-18-10-19(18)14-33)7-6-8-21-15-37-27-24(30)11-22(17(3)26(27)38-21)28(34)31-12-23-25(36-4)9-16(2)32-29(23)35/h9,11,18-21H,5-8,10,12-15H2,1-4H3,(H,31,34)(H,32,35). The van der Waals surface area contributed by atoms with Crippen LogP contribution in [0.15, 0.2) is 16.9 Å². The maximum Gasteiger partial charge on any atom is 0.256 e. The molecule has 0 bridgehead atoms. The minimum absolute atomic E-state index is 0.0167. The van der Waals surface area contributed by atoms with Crippen molar-refractivity contribution in [1.29, 1.82) is 0 Å². The molecule has 2 N–H and O–H groups in total. The van der Waals surface area contributed by atoms with Crippen LogP contribution in [0.2, 0.25) is 5.02 Å². The summed E-state index contributed by atoms with van der Waals surface area (Å²) in [4.78, 5) is 31.0. The molecule has 9 heteroatoms. The Morgan fingerprint density at radius 2 is 2.03 bits per heavy atom. The Balaban J connectivity index is 1.22. The van der Waals surface area contributed by atoms with Gasteiger partial charge in [-0.2, -0.15) is 0 Å². The number of methoxy groups -OCH3 is 1. The minimum atomic E-state index is -0.352. The Kier molecular flexibility index (Phi) is 7.91. The Bertz CT molecular complexity index is 1250. The summed E-state index contributed by atoms with van der Waals surface area (Å²) >= 11 is 6.51. The number of benzene rings is 1. The van der Waals surface area contributed by atoms with Crippen LogP contribution in [0.1, 0.15) is 66.2 Å². The lowest BCUT2D eigenvalue weighted by molar-refractivity contribution is 0.0787. The molecule has 0 spiro atoms. The van der Waals surface area contributed by atoms with Crippen LogP contribution >= 0.6 is 11.6 Å². The molecule has 1 amide bonds. The number of aryl methyl sites for hydroxylation is 1. The highest BCUT2D eigenvalue weighted by Gasteiger charge is 2.46. The number of nitrogens with one attached hydrogen (secondary N) is 2. The predicted octanol–water partition coefficient (Wildman–Crippen LogP) is 4.62. The number of ether oxygens (including phenoxy) is 3. The molecule has 206 valence electrons. The smallest absolute Gasteiger partial charge is 0.256 e. The second-order valence-electron chi connectivity index (χ2n) is 11.0. The molecule has 0 radical (unpaired) electrons. The molecule has 1 aromatic heterocycles. The number of rotatable bonds is 10. The van der Waals surface area contributed by atoms with Gasteiger partial charge in [-0.3, -0.25) is 14.5 Å². The lowest BCUT2D eigenvalue weighted by atomic mass is 10.0. The number of H-pyrrole nitrogens is 1. The third-order valence-electron chi connectivity index (χ3n) is 8.32. The van der Waals surface area contributed by atoms with Gasteiger partial charge in [0.25, 0.3) is 11.5 Å². The van der Waals surface area contributed by atoms with Crippen molar-refractivity contribution in [3.63, 3.8) is 0 Å². The number of carbonyl (C=O) groups is 1. The second kappa shape index (κ2) is 11.2. The maximum absolute atomic E-state index is 13.1. The largest absolute Gasteiger partial charge is 0.496 e. The Morgan fingerprint density at radius 3 is 2.74 bits per heavy atom. The second-order valence-corrected chi connectivity index (χ2v) is 11.4. The summed E-state index contributed by atoms with van der Waals surface area (Å²) in [6.45, 7) is 8.90. The molecule has 1 aromatic carbocycles. The molecule has 3 heterocycles. The number of hydrogen-bond donors (Lipinski definition) is 2. The summed E-state index contributed by atoms with van der Waals surface area (Å²) in [6.07, 6.45) is 5.63. The maximum atomic E-state index is 13.1. The number of aromatic nitrogens is 1. The van der Waals surface area contributed by atoms with E-state index in [4.69, 9.17) is 25.8 Å². The van der Waals surface area contributed by atoms with Crippen LogP contribution in [0.5, 0.6) is 17.2 Å². The van der Waals surface area contributed by atoms with Gasteiger partial charge in [-0.05, 0) is 69.9 Å². The molecule has 5 rings (SSSR count). The lowest BCUT2D eigenvalue weighted by Gasteiger charge is -2.31. The summed E-state index contributed by atoms with van der Waals surface area (Å²) in [5.74, 6) is 2.99. The Hall–Kier alpha value is -2.71. The highest BCUT2D eigenvalue weighted by atomic mass is 35.5. The van der Waals surface area contributed by atoms with E-state index in [0.29, 0.717) is 57.3 Å². The minimum Gasteiger partial charge on any atom is -0.496 e.